The van der Waals surface area contributed by atoms with Crippen LogP contribution in [0.15, 0.2) is 24.3 Å². The second-order valence-electron chi connectivity index (χ2n) is 4.08. The first kappa shape index (κ1) is 11.3. The van der Waals surface area contributed by atoms with Crippen LogP contribution in [0.1, 0.15) is 35.9 Å². The molecule has 1 heterocycles. The molecule has 2 aromatic rings. The first-order valence-electron chi connectivity index (χ1n) is 5.34. The predicted octanol–water partition coefficient (Wildman–Crippen LogP) is 2.29. The largest absolute Gasteiger partial charge is 0.478 e. The molecule has 0 saturated heterocycles. The molecule has 0 atom stereocenters. The molecule has 0 aliphatic carbocycles. The number of carboxylic acid groups (broad SMARTS) is 1. The Hall–Kier alpha value is -2.17. The standard InChI is InChI=1S/C12H13N3O2/c1-7(2)10-13-11(15-14-10)8-3-5-9(6-4-8)12(16)17/h3-7H,1-2H3,(H,16,17)(H,13,14,15). The molecule has 0 fully saturated rings. The van der Waals surface area contributed by atoms with Gasteiger partial charge in [0.05, 0.1) is 5.56 Å². The fourth-order valence-corrected chi connectivity index (χ4v) is 1.42. The summed E-state index contributed by atoms with van der Waals surface area (Å²) in [6.07, 6.45) is 0. The quantitative estimate of drug-likeness (QED) is 0.849. The van der Waals surface area contributed by atoms with Gasteiger partial charge in [0, 0.05) is 11.5 Å². The number of carbonyl (C=O) groups is 1. The third-order valence-electron chi connectivity index (χ3n) is 2.44. The SMILES string of the molecule is CC(C)c1nc(-c2ccc(C(=O)O)cc2)n[nH]1. The molecule has 17 heavy (non-hydrogen) atoms. The Labute approximate surface area is 98.5 Å². The van der Waals surface area contributed by atoms with Crippen LogP contribution in [-0.2, 0) is 0 Å². The number of hydrogen-bond acceptors (Lipinski definition) is 3. The normalized spacial score (nSPS) is 10.8. The topological polar surface area (TPSA) is 78.9 Å². The van der Waals surface area contributed by atoms with Gasteiger partial charge in [-0.15, -0.1) is 0 Å². The Morgan fingerprint density at radius 3 is 2.41 bits per heavy atom. The molecule has 0 unspecified atom stereocenters. The van der Waals surface area contributed by atoms with Crippen LogP contribution in [0.25, 0.3) is 11.4 Å². The number of aromatic nitrogens is 3. The Kier molecular flexibility index (Phi) is 2.91. The zero-order valence-corrected chi connectivity index (χ0v) is 9.64. The van der Waals surface area contributed by atoms with E-state index in [1.54, 1.807) is 24.3 Å². The highest BCUT2D eigenvalue weighted by atomic mass is 16.4. The molecule has 0 aliphatic rings. The van der Waals surface area contributed by atoms with Crippen molar-refractivity contribution in [3.8, 4) is 11.4 Å². The van der Waals surface area contributed by atoms with Gasteiger partial charge >= 0.3 is 5.97 Å². The minimum Gasteiger partial charge on any atom is -0.478 e. The van der Waals surface area contributed by atoms with Crippen LogP contribution in [0.5, 0.6) is 0 Å². The van der Waals surface area contributed by atoms with Crippen LogP contribution >= 0.6 is 0 Å². The van der Waals surface area contributed by atoms with Crippen LogP contribution in [-0.4, -0.2) is 26.3 Å². The maximum Gasteiger partial charge on any atom is 0.335 e. The van der Waals surface area contributed by atoms with Crippen molar-refractivity contribution < 1.29 is 9.90 Å². The lowest BCUT2D eigenvalue weighted by molar-refractivity contribution is 0.0697. The van der Waals surface area contributed by atoms with Crippen LogP contribution in [0.2, 0.25) is 0 Å². The smallest absolute Gasteiger partial charge is 0.335 e. The molecule has 0 spiro atoms. The summed E-state index contributed by atoms with van der Waals surface area (Å²) in [5.41, 5.74) is 1.06. The van der Waals surface area contributed by atoms with E-state index in [0.717, 1.165) is 11.4 Å². The molecule has 0 aliphatic heterocycles. The molecular weight excluding hydrogens is 218 g/mol. The molecule has 88 valence electrons. The molecule has 0 amide bonds. The van der Waals surface area contributed by atoms with Gasteiger partial charge in [0.25, 0.3) is 0 Å². The molecule has 5 nitrogen and oxygen atoms in total. The molecule has 1 aromatic carbocycles. The van der Waals surface area contributed by atoms with Crippen molar-refractivity contribution in [2.45, 2.75) is 19.8 Å². The van der Waals surface area contributed by atoms with E-state index in [4.69, 9.17) is 5.11 Å². The van der Waals surface area contributed by atoms with E-state index in [9.17, 15) is 4.79 Å². The van der Waals surface area contributed by atoms with E-state index in [-0.39, 0.29) is 11.5 Å². The lowest BCUT2D eigenvalue weighted by Gasteiger charge is -1.97. The number of aromatic carboxylic acids is 1. The van der Waals surface area contributed by atoms with E-state index in [2.05, 4.69) is 15.2 Å². The van der Waals surface area contributed by atoms with E-state index < -0.39 is 5.97 Å². The number of carboxylic acids is 1. The maximum absolute atomic E-state index is 10.7. The second-order valence-corrected chi connectivity index (χ2v) is 4.08. The van der Waals surface area contributed by atoms with Gasteiger partial charge in [0.2, 0.25) is 0 Å². The molecule has 0 bridgehead atoms. The van der Waals surface area contributed by atoms with Crippen LogP contribution in [0.4, 0.5) is 0 Å². The fourth-order valence-electron chi connectivity index (χ4n) is 1.42. The van der Waals surface area contributed by atoms with Gasteiger partial charge < -0.3 is 5.11 Å². The number of benzene rings is 1. The number of rotatable bonds is 3. The van der Waals surface area contributed by atoms with Crippen molar-refractivity contribution in [2.75, 3.05) is 0 Å². The Morgan fingerprint density at radius 2 is 1.94 bits per heavy atom. The lowest BCUT2D eigenvalue weighted by Crippen LogP contribution is -1.95. The van der Waals surface area contributed by atoms with Gasteiger partial charge in [-0.3, -0.25) is 5.10 Å². The molecule has 0 saturated carbocycles. The van der Waals surface area contributed by atoms with Gasteiger partial charge in [0.15, 0.2) is 5.82 Å². The zero-order chi connectivity index (χ0) is 12.4. The predicted molar refractivity (Wildman–Crippen MR) is 62.9 cm³/mol. The van der Waals surface area contributed by atoms with Crippen molar-refractivity contribution in [1.29, 1.82) is 0 Å². The number of H-pyrrole nitrogens is 1. The summed E-state index contributed by atoms with van der Waals surface area (Å²) in [7, 11) is 0. The van der Waals surface area contributed by atoms with Gasteiger partial charge in [-0.1, -0.05) is 26.0 Å². The van der Waals surface area contributed by atoms with Gasteiger partial charge in [-0.05, 0) is 12.1 Å². The second kappa shape index (κ2) is 4.37. The minimum atomic E-state index is -0.936. The van der Waals surface area contributed by atoms with Gasteiger partial charge in [-0.2, -0.15) is 5.10 Å². The van der Waals surface area contributed by atoms with Crippen molar-refractivity contribution in [3.63, 3.8) is 0 Å². The first-order valence-corrected chi connectivity index (χ1v) is 5.34. The first-order chi connectivity index (χ1) is 8.08. The maximum atomic E-state index is 10.7. The summed E-state index contributed by atoms with van der Waals surface area (Å²) in [5, 5.41) is 15.7. The van der Waals surface area contributed by atoms with E-state index in [1.165, 1.54) is 0 Å². The monoisotopic (exact) mass is 231 g/mol. The minimum absolute atomic E-state index is 0.258. The molecule has 1 aromatic heterocycles. The lowest BCUT2D eigenvalue weighted by atomic mass is 10.1. The van der Waals surface area contributed by atoms with Gasteiger partial charge in [-0.25, -0.2) is 9.78 Å². The summed E-state index contributed by atoms with van der Waals surface area (Å²) < 4.78 is 0. The highest BCUT2D eigenvalue weighted by Crippen LogP contribution is 2.17. The van der Waals surface area contributed by atoms with Crippen molar-refractivity contribution in [1.82, 2.24) is 15.2 Å². The van der Waals surface area contributed by atoms with Crippen molar-refractivity contribution in [3.05, 3.63) is 35.7 Å². The number of nitrogens with zero attached hydrogens (tertiary/aromatic N) is 2. The number of nitrogens with one attached hydrogen (secondary N) is 1. The van der Waals surface area contributed by atoms with Crippen molar-refractivity contribution in [2.24, 2.45) is 0 Å². The summed E-state index contributed by atoms with van der Waals surface area (Å²) in [6, 6.07) is 6.50. The highest BCUT2D eigenvalue weighted by molar-refractivity contribution is 5.88. The Balaban J connectivity index is 2.30. The molecular formula is C12H13N3O2. The summed E-state index contributed by atoms with van der Waals surface area (Å²) in [4.78, 5) is 15.0. The summed E-state index contributed by atoms with van der Waals surface area (Å²) in [5.74, 6) is 0.761. The number of aromatic amines is 1. The van der Waals surface area contributed by atoms with Crippen LogP contribution in [0, 0.1) is 0 Å². The van der Waals surface area contributed by atoms with Gasteiger partial charge in [0.1, 0.15) is 5.82 Å². The van der Waals surface area contributed by atoms with E-state index in [0.29, 0.717) is 5.82 Å². The van der Waals surface area contributed by atoms with Crippen LogP contribution in [0.3, 0.4) is 0 Å². The molecule has 2 rings (SSSR count). The Bertz CT molecular complexity index is 529. The molecule has 5 heteroatoms. The average Bonchev–Trinajstić information content (AvgIpc) is 2.78. The summed E-state index contributed by atoms with van der Waals surface area (Å²) >= 11 is 0. The third-order valence-corrected chi connectivity index (χ3v) is 2.44. The zero-order valence-electron chi connectivity index (χ0n) is 9.64. The van der Waals surface area contributed by atoms with Crippen molar-refractivity contribution >= 4 is 5.97 Å². The summed E-state index contributed by atoms with van der Waals surface area (Å²) in [6.45, 7) is 4.05. The molecule has 0 radical (unpaired) electrons. The fraction of sp³-hybridized carbons (Fsp3) is 0.250. The van der Waals surface area contributed by atoms with E-state index >= 15 is 0 Å². The number of hydrogen-bond donors (Lipinski definition) is 2. The highest BCUT2D eigenvalue weighted by Gasteiger charge is 2.09. The van der Waals surface area contributed by atoms with E-state index in [1.807, 2.05) is 13.8 Å². The Morgan fingerprint density at radius 1 is 1.29 bits per heavy atom. The average molecular weight is 231 g/mol. The molecule has 2 N–H and O–H groups in total. The third kappa shape index (κ3) is 2.33. The van der Waals surface area contributed by atoms with Crippen LogP contribution < -0.4 is 0 Å².